The zero-order valence-corrected chi connectivity index (χ0v) is 10.1. The molecule has 0 aliphatic heterocycles. The quantitative estimate of drug-likeness (QED) is 0.777. The number of amides is 1. The van der Waals surface area contributed by atoms with Gasteiger partial charge in [0, 0.05) is 5.41 Å². The molecule has 1 aromatic rings. The maximum Gasteiger partial charge on any atom is 0.230 e. The predicted octanol–water partition coefficient (Wildman–Crippen LogP) is 2.77. The molecule has 0 aromatic carbocycles. The van der Waals surface area contributed by atoms with Crippen LogP contribution in [0.5, 0.6) is 0 Å². The molecule has 82 valence electrons. The molecule has 0 atom stereocenters. The van der Waals surface area contributed by atoms with Gasteiger partial charge in [0.05, 0.1) is 0 Å². The summed E-state index contributed by atoms with van der Waals surface area (Å²) in [5, 5.41) is 2.86. The Bertz CT molecular complexity index is 387. The van der Waals surface area contributed by atoms with Gasteiger partial charge < -0.3 is 5.32 Å². The third-order valence-electron chi connectivity index (χ3n) is 1.66. The lowest BCUT2D eigenvalue weighted by Crippen LogP contribution is -2.28. The normalized spacial score (nSPS) is 11.3. The van der Waals surface area contributed by atoms with Crippen LogP contribution in [0, 0.1) is 5.41 Å². The molecule has 0 saturated heterocycles. The smallest absolute Gasteiger partial charge is 0.230 e. The van der Waals surface area contributed by atoms with E-state index in [4.69, 9.17) is 23.2 Å². The van der Waals surface area contributed by atoms with Crippen LogP contribution in [0.15, 0.2) is 6.33 Å². The van der Waals surface area contributed by atoms with E-state index in [9.17, 15) is 4.79 Å². The minimum Gasteiger partial charge on any atom is -0.309 e. The van der Waals surface area contributed by atoms with Gasteiger partial charge in [0.1, 0.15) is 11.3 Å². The maximum atomic E-state index is 11.6. The standard InChI is InChI=1S/C9H11Cl2N3O/c1-9(2,3)8(15)14-7-5(10)6(11)12-4-13-7/h4H,1-3H3,(H,12,13,14,15). The molecule has 1 N–H and O–H groups in total. The Morgan fingerprint density at radius 3 is 2.47 bits per heavy atom. The first-order chi connectivity index (χ1) is 6.82. The first-order valence-electron chi connectivity index (χ1n) is 4.30. The second kappa shape index (κ2) is 4.33. The average molecular weight is 248 g/mol. The fourth-order valence-electron chi connectivity index (χ4n) is 0.731. The van der Waals surface area contributed by atoms with Gasteiger partial charge in [-0.2, -0.15) is 0 Å². The van der Waals surface area contributed by atoms with Crippen LogP contribution in [0.2, 0.25) is 10.2 Å². The van der Waals surface area contributed by atoms with Crippen LogP contribution >= 0.6 is 23.2 Å². The van der Waals surface area contributed by atoms with Crippen LogP contribution in [0.4, 0.5) is 5.82 Å². The zero-order valence-electron chi connectivity index (χ0n) is 8.64. The zero-order chi connectivity index (χ0) is 11.6. The first-order valence-corrected chi connectivity index (χ1v) is 5.05. The Balaban J connectivity index is 2.91. The lowest BCUT2D eigenvalue weighted by Gasteiger charge is -2.17. The molecule has 1 amide bonds. The minimum atomic E-state index is -0.513. The van der Waals surface area contributed by atoms with Crippen molar-refractivity contribution in [1.82, 2.24) is 9.97 Å². The van der Waals surface area contributed by atoms with E-state index in [1.807, 2.05) is 0 Å². The number of rotatable bonds is 1. The molecule has 0 aliphatic rings. The highest BCUT2D eigenvalue weighted by Gasteiger charge is 2.22. The van der Waals surface area contributed by atoms with Gasteiger partial charge in [-0.1, -0.05) is 44.0 Å². The summed E-state index contributed by atoms with van der Waals surface area (Å²) in [4.78, 5) is 19.1. The molecule has 0 unspecified atom stereocenters. The fraction of sp³-hybridized carbons (Fsp3) is 0.444. The van der Waals surface area contributed by atoms with E-state index in [2.05, 4.69) is 15.3 Å². The number of carbonyl (C=O) groups excluding carboxylic acids is 1. The number of nitrogens with one attached hydrogen (secondary N) is 1. The molecular weight excluding hydrogens is 237 g/mol. The van der Waals surface area contributed by atoms with Crippen LogP contribution in [-0.4, -0.2) is 15.9 Å². The van der Waals surface area contributed by atoms with E-state index < -0.39 is 5.41 Å². The van der Waals surface area contributed by atoms with Gasteiger partial charge in [-0.05, 0) is 0 Å². The summed E-state index contributed by atoms with van der Waals surface area (Å²) >= 11 is 11.5. The number of aromatic nitrogens is 2. The monoisotopic (exact) mass is 247 g/mol. The maximum absolute atomic E-state index is 11.6. The molecule has 4 nitrogen and oxygen atoms in total. The minimum absolute atomic E-state index is 0.121. The molecule has 0 aliphatic carbocycles. The van der Waals surface area contributed by atoms with Crippen LogP contribution in [-0.2, 0) is 4.79 Å². The van der Waals surface area contributed by atoms with Gasteiger partial charge in [0.25, 0.3) is 0 Å². The highest BCUT2D eigenvalue weighted by atomic mass is 35.5. The molecule has 0 bridgehead atoms. The fourth-order valence-corrected chi connectivity index (χ4v) is 1.01. The molecule has 1 aromatic heterocycles. The molecule has 0 spiro atoms. The van der Waals surface area contributed by atoms with Crippen molar-refractivity contribution < 1.29 is 4.79 Å². The van der Waals surface area contributed by atoms with E-state index in [-0.39, 0.29) is 21.9 Å². The number of hydrogen-bond acceptors (Lipinski definition) is 3. The Morgan fingerprint density at radius 2 is 1.93 bits per heavy atom. The highest BCUT2D eigenvalue weighted by molar-refractivity contribution is 6.42. The second-order valence-electron chi connectivity index (χ2n) is 4.03. The number of nitrogens with zero attached hydrogens (tertiary/aromatic N) is 2. The Kier molecular flexibility index (Phi) is 3.52. The molecule has 0 fully saturated rings. The van der Waals surface area contributed by atoms with Crippen molar-refractivity contribution in [2.45, 2.75) is 20.8 Å². The van der Waals surface area contributed by atoms with Gasteiger partial charge in [-0.25, -0.2) is 9.97 Å². The van der Waals surface area contributed by atoms with Crippen molar-refractivity contribution in [2.24, 2.45) is 5.41 Å². The summed E-state index contributed by atoms with van der Waals surface area (Å²) in [6, 6.07) is 0. The summed E-state index contributed by atoms with van der Waals surface area (Å²) < 4.78 is 0. The van der Waals surface area contributed by atoms with E-state index in [0.29, 0.717) is 0 Å². The van der Waals surface area contributed by atoms with Crippen LogP contribution in [0.3, 0.4) is 0 Å². The van der Waals surface area contributed by atoms with Gasteiger partial charge in [0.2, 0.25) is 5.91 Å². The first kappa shape index (κ1) is 12.2. The van der Waals surface area contributed by atoms with E-state index in [1.165, 1.54) is 6.33 Å². The summed E-state index contributed by atoms with van der Waals surface area (Å²) in [6.45, 7) is 5.37. The third kappa shape index (κ3) is 3.04. The summed E-state index contributed by atoms with van der Waals surface area (Å²) in [6.07, 6.45) is 1.24. The molecule has 15 heavy (non-hydrogen) atoms. The van der Waals surface area contributed by atoms with Crippen molar-refractivity contribution in [3.05, 3.63) is 16.5 Å². The lowest BCUT2D eigenvalue weighted by molar-refractivity contribution is -0.123. The van der Waals surface area contributed by atoms with E-state index in [0.717, 1.165) is 0 Å². The number of halogens is 2. The largest absolute Gasteiger partial charge is 0.309 e. The summed E-state index contributed by atoms with van der Waals surface area (Å²) in [5.74, 6) is 0.0516. The molecule has 0 radical (unpaired) electrons. The third-order valence-corrected chi connectivity index (χ3v) is 2.40. The Labute approximate surface area is 98.0 Å². The van der Waals surface area contributed by atoms with Crippen LogP contribution < -0.4 is 5.32 Å². The van der Waals surface area contributed by atoms with Gasteiger partial charge in [-0.3, -0.25) is 4.79 Å². The molecule has 1 rings (SSSR count). The molecule has 0 saturated carbocycles. The number of anilines is 1. The number of carbonyl (C=O) groups is 1. The average Bonchev–Trinajstić information content (AvgIpc) is 2.11. The Hall–Kier alpha value is -0.870. The lowest BCUT2D eigenvalue weighted by atomic mass is 9.96. The Morgan fingerprint density at radius 1 is 1.33 bits per heavy atom. The topological polar surface area (TPSA) is 54.9 Å². The van der Waals surface area contributed by atoms with Crippen molar-refractivity contribution in [2.75, 3.05) is 5.32 Å². The molecule has 1 heterocycles. The van der Waals surface area contributed by atoms with Crippen LogP contribution in [0.25, 0.3) is 0 Å². The van der Waals surface area contributed by atoms with Crippen molar-refractivity contribution in [3.63, 3.8) is 0 Å². The molecular formula is C9H11Cl2N3O. The van der Waals surface area contributed by atoms with Crippen LogP contribution in [0.1, 0.15) is 20.8 Å². The molecule has 6 heteroatoms. The number of hydrogen-bond donors (Lipinski definition) is 1. The van der Waals surface area contributed by atoms with E-state index in [1.54, 1.807) is 20.8 Å². The summed E-state index contributed by atoms with van der Waals surface area (Å²) in [7, 11) is 0. The van der Waals surface area contributed by atoms with Crippen molar-refractivity contribution >= 4 is 34.9 Å². The van der Waals surface area contributed by atoms with Gasteiger partial charge in [0.15, 0.2) is 11.0 Å². The van der Waals surface area contributed by atoms with Gasteiger partial charge >= 0.3 is 0 Å². The highest BCUT2D eigenvalue weighted by Crippen LogP contribution is 2.26. The van der Waals surface area contributed by atoms with Gasteiger partial charge in [-0.15, -0.1) is 0 Å². The predicted molar refractivity (Wildman–Crippen MR) is 60.1 cm³/mol. The van der Waals surface area contributed by atoms with Crippen molar-refractivity contribution in [1.29, 1.82) is 0 Å². The SMILES string of the molecule is CC(C)(C)C(=O)Nc1ncnc(Cl)c1Cl. The van der Waals surface area contributed by atoms with E-state index >= 15 is 0 Å². The second-order valence-corrected chi connectivity index (χ2v) is 4.77. The summed E-state index contributed by atoms with van der Waals surface area (Å²) in [5.41, 5.74) is -0.513. The van der Waals surface area contributed by atoms with Crippen molar-refractivity contribution in [3.8, 4) is 0 Å².